The van der Waals surface area contributed by atoms with Crippen molar-refractivity contribution in [1.29, 1.82) is 0 Å². The first kappa shape index (κ1) is 26.9. The molecule has 0 aromatic heterocycles. The monoisotopic (exact) mass is 320 g/mol. The molecule has 4 heavy (non-hydrogen) atoms. The van der Waals surface area contributed by atoms with E-state index in [1.807, 2.05) is 0 Å². The Morgan fingerprint density at radius 1 is 1.00 bits per heavy atom. The fourth-order valence-corrected chi connectivity index (χ4v) is 0. The van der Waals surface area contributed by atoms with Gasteiger partial charge in [0.05, 0.1) is 0 Å². The molecule has 0 aromatic carbocycles. The second kappa shape index (κ2) is 16.3. The van der Waals surface area contributed by atoms with Crippen LogP contribution in [-0.4, -0.2) is 48.9 Å². The Morgan fingerprint density at radius 3 is 1.00 bits per heavy atom. The van der Waals surface area contributed by atoms with Crippen LogP contribution in [0.5, 0.6) is 0 Å². The molecule has 0 rings (SSSR count). The second-order valence-electron chi connectivity index (χ2n) is 0. The summed E-state index contributed by atoms with van der Waals surface area (Å²) in [6.07, 6.45) is 0. The smallest absolute Gasteiger partial charge is 0 e. The van der Waals surface area contributed by atoms with Gasteiger partial charge in [0.15, 0.2) is 0 Å². The van der Waals surface area contributed by atoms with Crippen LogP contribution in [0.25, 0.3) is 0 Å². The van der Waals surface area contributed by atoms with E-state index in [0.29, 0.717) is 0 Å². The summed E-state index contributed by atoms with van der Waals surface area (Å²) in [7, 11) is 0. The van der Waals surface area contributed by atoms with Gasteiger partial charge < -0.3 is 0 Å². The van der Waals surface area contributed by atoms with Crippen molar-refractivity contribution in [2.24, 2.45) is 0 Å². The largest absolute Gasteiger partial charge is 0 e. The minimum atomic E-state index is 0. The molecule has 0 atom stereocenters. The van der Waals surface area contributed by atoms with Gasteiger partial charge >= 0.3 is 0 Å². The van der Waals surface area contributed by atoms with Crippen LogP contribution >= 0.6 is 0 Å². The van der Waals surface area contributed by atoms with Gasteiger partial charge in [0.2, 0.25) is 0 Å². The molecule has 0 saturated carbocycles. The van der Waals surface area contributed by atoms with Gasteiger partial charge in [-0.15, -0.1) is 0 Å². The van der Waals surface area contributed by atoms with E-state index in [9.17, 15) is 0 Å². The first-order valence-corrected chi connectivity index (χ1v) is 0. The maximum absolute atomic E-state index is 0. The van der Waals surface area contributed by atoms with E-state index in [1.54, 1.807) is 0 Å². The molecule has 22 valence electrons. The average molecular weight is 321 g/mol. The standard InChI is InChI=1S/Ba.Cu.Mn.Zn. The van der Waals surface area contributed by atoms with E-state index in [-0.39, 0.29) is 102 Å². The molecule has 0 aliphatic carbocycles. The van der Waals surface area contributed by atoms with Crippen molar-refractivity contribution in [2.45, 2.75) is 0 Å². The molecule has 0 spiro atoms. The fourth-order valence-electron chi connectivity index (χ4n) is 0. The van der Waals surface area contributed by atoms with E-state index in [0.717, 1.165) is 0 Å². The SMILES string of the molecule is [Ba].[Cu].[Mn].[Zn]. The minimum absolute atomic E-state index is 0. The van der Waals surface area contributed by atoms with Crippen molar-refractivity contribution < 1.29 is 53.6 Å². The molecule has 0 unspecified atom stereocenters. The molecule has 0 aliphatic heterocycles. The quantitative estimate of drug-likeness (QED) is 0.533. The molecule has 0 nitrogen and oxygen atoms in total. The van der Waals surface area contributed by atoms with E-state index in [4.69, 9.17) is 0 Å². The molecule has 0 amide bonds. The van der Waals surface area contributed by atoms with E-state index >= 15 is 0 Å². The van der Waals surface area contributed by atoms with Crippen LogP contribution in [0, 0.1) is 0 Å². The molecule has 4 radical (unpaired) electrons. The zero-order valence-corrected chi connectivity index (χ0v) is 11.6. The number of rotatable bonds is 0. The third kappa shape index (κ3) is 8.97. The molecule has 4 heteroatoms. The van der Waals surface area contributed by atoms with Crippen molar-refractivity contribution in [1.82, 2.24) is 0 Å². The molecule has 0 fully saturated rings. The Kier molecular flexibility index (Phi) is 110. The Bertz CT molecular complexity index is 8.00. The molecule has 0 bridgehead atoms. The Morgan fingerprint density at radius 2 is 1.00 bits per heavy atom. The van der Waals surface area contributed by atoms with Crippen molar-refractivity contribution in [3.8, 4) is 0 Å². The zero-order valence-electron chi connectivity index (χ0n) is 2.09. The van der Waals surface area contributed by atoms with Crippen LogP contribution in [0.1, 0.15) is 0 Å². The van der Waals surface area contributed by atoms with Crippen molar-refractivity contribution in [3.63, 3.8) is 0 Å². The van der Waals surface area contributed by atoms with Crippen LogP contribution in [0.2, 0.25) is 0 Å². The zero-order chi connectivity index (χ0) is 0. The van der Waals surface area contributed by atoms with Gasteiger partial charge in [-0.2, -0.15) is 0 Å². The first-order valence-electron chi connectivity index (χ1n) is 0. The Balaban J connectivity index is 0. The van der Waals surface area contributed by atoms with Gasteiger partial charge in [-0.25, -0.2) is 0 Å². The van der Waals surface area contributed by atoms with Crippen LogP contribution < -0.4 is 0 Å². The average Bonchev–Trinajstić information content (AvgIpc) is 0. The molecule has 0 N–H and O–H groups in total. The van der Waals surface area contributed by atoms with E-state index < -0.39 is 0 Å². The summed E-state index contributed by atoms with van der Waals surface area (Å²) in [6.45, 7) is 0. The Labute approximate surface area is 100 Å². The van der Waals surface area contributed by atoms with Crippen molar-refractivity contribution in [2.75, 3.05) is 0 Å². The van der Waals surface area contributed by atoms with Crippen LogP contribution in [0.4, 0.5) is 0 Å². The molecule has 0 saturated heterocycles. The normalized spacial score (nSPS) is 0. The summed E-state index contributed by atoms with van der Waals surface area (Å²) < 4.78 is 0. The third-order valence-corrected chi connectivity index (χ3v) is 0. The number of hydrogen-bond donors (Lipinski definition) is 0. The molecule has 0 heterocycles. The second-order valence-corrected chi connectivity index (χ2v) is 0. The van der Waals surface area contributed by atoms with Crippen molar-refractivity contribution in [3.05, 3.63) is 0 Å². The summed E-state index contributed by atoms with van der Waals surface area (Å²) in [5.41, 5.74) is 0. The molecular weight excluding hydrogens is 321 g/mol. The summed E-state index contributed by atoms with van der Waals surface area (Å²) in [5, 5.41) is 0. The maximum Gasteiger partial charge on any atom is 0 e. The Hall–Kier alpha value is 3.23. The summed E-state index contributed by atoms with van der Waals surface area (Å²) in [5.74, 6) is 0. The van der Waals surface area contributed by atoms with E-state index in [1.165, 1.54) is 0 Å². The predicted molar refractivity (Wildman–Crippen MR) is 5.75 cm³/mol. The fraction of sp³-hybridized carbons (Fsp3) is 0. The molecule has 0 aliphatic rings. The first-order chi connectivity index (χ1) is 0. The van der Waals surface area contributed by atoms with Gasteiger partial charge in [-0.05, 0) is 0 Å². The van der Waals surface area contributed by atoms with Crippen molar-refractivity contribution >= 4 is 48.9 Å². The third-order valence-electron chi connectivity index (χ3n) is 0. The van der Waals surface area contributed by atoms with Gasteiger partial charge in [-0.3, -0.25) is 0 Å². The summed E-state index contributed by atoms with van der Waals surface area (Å²) >= 11 is 0. The van der Waals surface area contributed by atoms with Crippen LogP contribution in [-0.2, 0) is 53.6 Å². The van der Waals surface area contributed by atoms with Crippen LogP contribution in [0.15, 0.2) is 0 Å². The van der Waals surface area contributed by atoms with Crippen LogP contribution in [0.3, 0.4) is 0 Å². The minimum Gasteiger partial charge on any atom is 0 e. The summed E-state index contributed by atoms with van der Waals surface area (Å²) in [4.78, 5) is 0. The van der Waals surface area contributed by atoms with Gasteiger partial charge in [-0.1, -0.05) is 0 Å². The van der Waals surface area contributed by atoms with Gasteiger partial charge in [0.25, 0.3) is 0 Å². The molecule has 0 aromatic rings. The molecular formula is BaCuMnZn. The maximum atomic E-state index is 0. The summed E-state index contributed by atoms with van der Waals surface area (Å²) in [6, 6.07) is 0. The van der Waals surface area contributed by atoms with Gasteiger partial charge in [0.1, 0.15) is 0 Å². The topological polar surface area (TPSA) is 0 Å². The number of hydrogen-bond acceptors (Lipinski definition) is 0. The van der Waals surface area contributed by atoms with Gasteiger partial charge in [0, 0.05) is 102 Å². The predicted octanol–water partition coefficient (Wildman–Crippen LogP) is -0.388. The van der Waals surface area contributed by atoms with E-state index in [2.05, 4.69) is 0 Å².